The molecule has 0 aliphatic carbocycles. The van der Waals surface area contributed by atoms with Crippen molar-refractivity contribution in [1.82, 2.24) is 14.3 Å². The predicted octanol–water partition coefficient (Wildman–Crippen LogP) is 4.12. The fourth-order valence-corrected chi connectivity index (χ4v) is 6.28. The van der Waals surface area contributed by atoms with E-state index in [1.165, 1.54) is 35.6 Å². The number of nitrogens with one attached hydrogen (secondary N) is 1. The van der Waals surface area contributed by atoms with Gasteiger partial charge in [0, 0.05) is 42.0 Å². The van der Waals surface area contributed by atoms with Crippen LogP contribution in [0.2, 0.25) is 0 Å². The maximum Gasteiger partial charge on any atom is 0.257 e. The number of anilines is 1. The average Bonchev–Trinajstić information content (AvgIpc) is 3.22. The van der Waals surface area contributed by atoms with Crippen molar-refractivity contribution in [2.75, 3.05) is 18.4 Å². The molecular formula is C22H24N4O3S2. The van der Waals surface area contributed by atoms with Crippen molar-refractivity contribution in [3.05, 3.63) is 59.7 Å². The molecule has 0 spiro atoms. The fourth-order valence-electron chi connectivity index (χ4n) is 3.89. The van der Waals surface area contributed by atoms with Crippen LogP contribution in [0.3, 0.4) is 0 Å². The highest BCUT2D eigenvalue weighted by Crippen LogP contribution is 2.27. The molecule has 0 unspecified atom stereocenters. The summed E-state index contributed by atoms with van der Waals surface area (Å²) < 4.78 is 27.6. The molecule has 7 nitrogen and oxygen atoms in total. The quantitative estimate of drug-likeness (QED) is 0.623. The second-order valence-electron chi connectivity index (χ2n) is 8.02. The largest absolute Gasteiger partial charge is 0.298 e. The van der Waals surface area contributed by atoms with E-state index >= 15 is 0 Å². The molecule has 1 N–H and O–H groups in total. The minimum absolute atomic E-state index is 0.208. The zero-order valence-corrected chi connectivity index (χ0v) is 19.0. The first-order chi connectivity index (χ1) is 14.8. The molecule has 31 heavy (non-hydrogen) atoms. The topological polar surface area (TPSA) is 92.3 Å². The number of rotatable bonds is 5. The molecule has 1 aromatic carbocycles. The first-order valence-corrected chi connectivity index (χ1v) is 12.4. The molecule has 0 bridgehead atoms. The third-order valence-electron chi connectivity index (χ3n) is 5.29. The number of aromatic nitrogens is 2. The predicted molar refractivity (Wildman–Crippen MR) is 121 cm³/mol. The summed E-state index contributed by atoms with van der Waals surface area (Å²) >= 11 is 1.33. The highest BCUT2D eigenvalue weighted by Gasteiger charge is 2.31. The van der Waals surface area contributed by atoms with E-state index < -0.39 is 10.0 Å². The van der Waals surface area contributed by atoms with Crippen LogP contribution in [-0.4, -0.2) is 41.7 Å². The minimum Gasteiger partial charge on any atom is -0.298 e. The van der Waals surface area contributed by atoms with Crippen molar-refractivity contribution < 1.29 is 13.2 Å². The Kier molecular flexibility index (Phi) is 6.17. The summed E-state index contributed by atoms with van der Waals surface area (Å²) in [5.74, 6) is 0.331. The molecule has 1 aliphatic rings. The van der Waals surface area contributed by atoms with Gasteiger partial charge in [-0.25, -0.2) is 13.4 Å². The summed E-state index contributed by atoms with van der Waals surface area (Å²) in [6.07, 6.45) is 4.41. The minimum atomic E-state index is -3.57. The first-order valence-electron chi connectivity index (χ1n) is 10.1. The van der Waals surface area contributed by atoms with Gasteiger partial charge in [-0.15, -0.1) is 11.3 Å². The second-order valence-corrected chi connectivity index (χ2v) is 10.8. The van der Waals surface area contributed by atoms with E-state index in [0.29, 0.717) is 35.6 Å². The Hall–Kier alpha value is -2.62. The molecule has 3 aromatic rings. The summed E-state index contributed by atoms with van der Waals surface area (Å²) in [5, 5.41) is 5.11. The summed E-state index contributed by atoms with van der Waals surface area (Å²) in [6.45, 7) is 5.20. The Labute approximate surface area is 186 Å². The van der Waals surface area contributed by atoms with Crippen molar-refractivity contribution in [3.63, 3.8) is 0 Å². The maximum atomic E-state index is 13.0. The molecule has 0 saturated carbocycles. The lowest BCUT2D eigenvalue weighted by Crippen LogP contribution is -2.42. The lowest BCUT2D eigenvalue weighted by atomic mass is 9.94. The number of carbonyl (C=O) groups is 1. The Morgan fingerprint density at radius 3 is 2.35 bits per heavy atom. The molecule has 1 saturated heterocycles. The molecule has 1 aliphatic heterocycles. The first kappa shape index (κ1) is 21.6. The van der Waals surface area contributed by atoms with Crippen LogP contribution in [0.25, 0.3) is 11.3 Å². The van der Waals surface area contributed by atoms with E-state index in [2.05, 4.69) is 29.1 Å². The lowest BCUT2D eigenvalue weighted by molar-refractivity contribution is 0.102. The van der Waals surface area contributed by atoms with Crippen LogP contribution in [-0.2, 0) is 10.0 Å². The van der Waals surface area contributed by atoms with E-state index in [-0.39, 0.29) is 10.8 Å². The second kappa shape index (κ2) is 8.86. The molecular weight excluding hydrogens is 432 g/mol. The van der Waals surface area contributed by atoms with Crippen LogP contribution < -0.4 is 5.32 Å². The summed E-state index contributed by atoms with van der Waals surface area (Å²) in [6, 6.07) is 9.77. The van der Waals surface area contributed by atoms with E-state index in [9.17, 15) is 13.2 Å². The van der Waals surface area contributed by atoms with E-state index in [0.717, 1.165) is 17.7 Å². The highest BCUT2D eigenvalue weighted by molar-refractivity contribution is 7.89. The number of benzene rings is 1. The Morgan fingerprint density at radius 2 is 1.71 bits per heavy atom. The lowest BCUT2D eigenvalue weighted by Gasteiger charge is -2.34. The molecule has 9 heteroatoms. The number of hydrogen-bond donors (Lipinski definition) is 1. The third-order valence-corrected chi connectivity index (χ3v) is 7.89. The van der Waals surface area contributed by atoms with Gasteiger partial charge in [0.2, 0.25) is 10.0 Å². The summed E-state index contributed by atoms with van der Waals surface area (Å²) in [5.41, 5.74) is 2.05. The molecule has 2 aromatic heterocycles. The van der Waals surface area contributed by atoms with Crippen molar-refractivity contribution in [3.8, 4) is 11.3 Å². The number of carbonyl (C=O) groups excluding carboxylic acids is 1. The number of amides is 1. The molecule has 1 fully saturated rings. The van der Waals surface area contributed by atoms with Crippen LogP contribution in [0, 0.1) is 11.8 Å². The molecule has 2 atom stereocenters. The van der Waals surface area contributed by atoms with Crippen molar-refractivity contribution in [1.29, 1.82) is 0 Å². The van der Waals surface area contributed by atoms with Gasteiger partial charge in [0.05, 0.1) is 10.6 Å². The summed E-state index contributed by atoms with van der Waals surface area (Å²) in [7, 11) is -3.57. The zero-order chi connectivity index (χ0) is 22.0. The van der Waals surface area contributed by atoms with Gasteiger partial charge >= 0.3 is 0 Å². The number of sulfonamides is 1. The SMILES string of the molecule is C[C@H]1C[C@H](C)CN(S(=O)(=O)c2ccc(C(=O)Nc3nc(-c4ccncc4)cs3)cc2)C1. The summed E-state index contributed by atoms with van der Waals surface area (Å²) in [4.78, 5) is 21.2. The van der Waals surface area contributed by atoms with Gasteiger partial charge in [0.15, 0.2) is 5.13 Å². The molecule has 4 rings (SSSR count). The van der Waals surface area contributed by atoms with Gasteiger partial charge in [0.1, 0.15) is 0 Å². The van der Waals surface area contributed by atoms with Crippen LogP contribution >= 0.6 is 11.3 Å². The van der Waals surface area contributed by atoms with Crippen LogP contribution in [0.5, 0.6) is 0 Å². The molecule has 3 heterocycles. The van der Waals surface area contributed by atoms with Gasteiger partial charge in [-0.05, 0) is 54.7 Å². The zero-order valence-electron chi connectivity index (χ0n) is 17.4. The highest BCUT2D eigenvalue weighted by atomic mass is 32.2. The van der Waals surface area contributed by atoms with Crippen molar-refractivity contribution in [2.24, 2.45) is 11.8 Å². The Balaban J connectivity index is 1.45. The Bertz CT molecular complexity index is 1150. The van der Waals surface area contributed by atoms with Crippen LogP contribution in [0.15, 0.2) is 59.1 Å². The van der Waals surface area contributed by atoms with E-state index in [4.69, 9.17) is 0 Å². The van der Waals surface area contributed by atoms with Crippen LogP contribution in [0.4, 0.5) is 5.13 Å². The average molecular weight is 457 g/mol. The normalized spacial score (nSPS) is 19.8. The number of nitrogens with zero attached hydrogens (tertiary/aromatic N) is 3. The monoisotopic (exact) mass is 456 g/mol. The van der Waals surface area contributed by atoms with E-state index in [1.807, 2.05) is 17.5 Å². The standard InChI is InChI=1S/C22H24N4O3S2/c1-15-11-16(2)13-26(12-15)31(28,29)19-5-3-18(4-6-19)21(27)25-22-24-20(14-30-22)17-7-9-23-10-8-17/h3-10,14-16H,11-13H2,1-2H3,(H,24,25,27)/t15-,16-/m0/s1. The maximum absolute atomic E-state index is 13.0. The number of hydrogen-bond acceptors (Lipinski definition) is 6. The van der Waals surface area contributed by atoms with Crippen molar-refractivity contribution >= 4 is 32.4 Å². The van der Waals surface area contributed by atoms with Gasteiger partial charge in [0.25, 0.3) is 5.91 Å². The fraction of sp³-hybridized carbons (Fsp3) is 0.318. The molecule has 1 amide bonds. The molecule has 0 radical (unpaired) electrons. The molecule has 162 valence electrons. The number of pyridine rings is 1. The van der Waals surface area contributed by atoms with E-state index in [1.54, 1.807) is 16.7 Å². The van der Waals surface area contributed by atoms with Gasteiger partial charge in [-0.3, -0.25) is 15.1 Å². The van der Waals surface area contributed by atoms with Crippen LogP contribution in [0.1, 0.15) is 30.6 Å². The number of thiazole rings is 1. The smallest absolute Gasteiger partial charge is 0.257 e. The van der Waals surface area contributed by atoms with Gasteiger partial charge in [-0.1, -0.05) is 13.8 Å². The van der Waals surface area contributed by atoms with Crippen molar-refractivity contribution in [2.45, 2.75) is 25.2 Å². The van der Waals surface area contributed by atoms with Gasteiger partial charge in [-0.2, -0.15) is 4.31 Å². The Morgan fingerprint density at radius 1 is 1.06 bits per heavy atom. The number of piperidine rings is 1. The third kappa shape index (κ3) is 4.84. The van der Waals surface area contributed by atoms with Gasteiger partial charge < -0.3 is 0 Å².